The molecule has 2 atom stereocenters. The van der Waals surface area contributed by atoms with E-state index in [1.807, 2.05) is 49.9 Å². The number of alkyl carbamates (subject to hydrolysis) is 1. The second-order valence-electron chi connectivity index (χ2n) is 7.74. The Morgan fingerprint density at radius 2 is 2.00 bits per heavy atom. The lowest BCUT2D eigenvalue weighted by Crippen LogP contribution is -2.44. The highest BCUT2D eigenvalue weighted by atomic mass is 16.6. The van der Waals surface area contributed by atoms with Crippen LogP contribution in [-0.2, 0) is 11.3 Å². The highest BCUT2D eigenvalue weighted by Gasteiger charge is 2.32. The summed E-state index contributed by atoms with van der Waals surface area (Å²) in [6, 6.07) is 7.70. The van der Waals surface area contributed by atoms with Gasteiger partial charge in [-0.25, -0.2) is 4.79 Å². The van der Waals surface area contributed by atoms with E-state index in [1.54, 1.807) is 7.11 Å². The number of amides is 1. The summed E-state index contributed by atoms with van der Waals surface area (Å²) in [5.74, 6) is 0.838. The Morgan fingerprint density at radius 3 is 2.56 bits per heavy atom. The lowest BCUT2D eigenvalue weighted by molar-refractivity contribution is 0.0504. The summed E-state index contributed by atoms with van der Waals surface area (Å²) in [5.41, 5.74) is 6.41. The van der Waals surface area contributed by atoms with Gasteiger partial charge in [-0.1, -0.05) is 17.3 Å². The second kappa shape index (κ2) is 8.83. The summed E-state index contributed by atoms with van der Waals surface area (Å²) >= 11 is 0. The van der Waals surface area contributed by atoms with Crippen LogP contribution in [0, 0.1) is 0 Å². The fraction of sp³-hybridized carbons (Fsp3) is 0.579. The van der Waals surface area contributed by atoms with E-state index in [0.29, 0.717) is 13.0 Å². The van der Waals surface area contributed by atoms with Gasteiger partial charge in [0.15, 0.2) is 0 Å². The van der Waals surface area contributed by atoms with E-state index in [0.717, 1.165) is 24.2 Å². The van der Waals surface area contributed by atoms with Gasteiger partial charge in [0.1, 0.15) is 11.4 Å². The van der Waals surface area contributed by atoms with Gasteiger partial charge in [-0.3, -0.25) is 0 Å². The summed E-state index contributed by atoms with van der Waals surface area (Å²) in [7, 11) is 1.62. The van der Waals surface area contributed by atoms with Crippen LogP contribution in [0.1, 0.15) is 45.6 Å². The zero-order chi connectivity index (χ0) is 20.0. The maximum atomic E-state index is 12.0. The lowest BCUT2D eigenvalue weighted by Gasteiger charge is -2.29. The molecule has 0 radical (unpaired) electrons. The fourth-order valence-corrected chi connectivity index (χ4v) is 3.23. The van der Waals surface area contributed by atoms with Crippen LogP contribution in [0.25, 0.3) is 0 Å². The molecule has 2 rings (SSSR count). The molecule has 4 N–H and O–H groups in total. The molecule has 1 saturated carbocycles. The molecule has 1 amide bonds. The van der Waals surface area contributed by atoms with E-state index in [4.69, 9.17) is 15.2 Å². The normalized spacial score (nSPS) is 20.2. The number of oxime groups is 1. The Labute approximate surface area is 160 Å². The number of hydrogen-bond acceptors (Lipinski definition) is 5. The Hall–Kier alpha value is -2.64. The van der Waals surface area contributed by atoms with Crippen molar-refractivity contribution in [3.8, 4) is 5.75 Å². The zero-order valence-electron chi connectivity index (χ0n) is 16.4. The summed E-state index contributed by atoms with van der Waals surface area (Å²) in [4.78, 5) is 13.8. The van der Waals surface area contributed by atoms with E-state index in [2.05, 4.69) is 10.5 Å². The van der Waals surface area contributed by atoms with Crippen molar-refractivity contribution in [2.24, 2.45) is 10.9 Å². The molecule has 0 saturated heterocycles. The minimum absolute atomic E-state index is 0.00490. The second-order valence-corrected chi connectivity index (χ2v) is 7.74. The van der Waals surface area contributed by atoms with E-state index >= 15 is 0 Å². The third-order valence-corrected chi connectivity index (χ3v) is 4.48. The predicted octanol–water partition coefficient (Wildman–Crippen LogP) is 2.65. The van der Waals surface area contributed by atoms with Crippen LogP contribution < -0.4 is 15.8 Å². The van der Waals surface area contributed by atoms with Crippen molar-refractivity contribution in [3.05, 3.63) is 29.8 Å². The molecule has 8 nitrogen and oxygen atoms in total. The number of ether oxygens (including phenoxy) is 2. The van der Waals surface area contributed by atoms with Crippen LogP contribution in [0.3, 0.4) is 0 Å². The van der Waals surface area contributed by atoms with E-state index in [1.165, 1.54) is 0 Å². The molecule has 0 aliphatic heterocycles. The van der Waals surface area contributed by atoms with Gasteiger partial charge in [-0.05, 0) is 57.7 Å². The van der Waals surface area contributed by atoms with Gasteiger partial charge in [0, 0.05) is 18.6 Å². The molecule has 8 heteroatoms. The van der Waals surface area contributed by atoms with Crippen LogP contribution in [0.15, 0.2) is 29.4 Å². The van der Waals surface area contributed by atoms with Gasteiger partial charge in [-0.2, -0.15) is 0 Å². The predicted molar refractivity (Wildman–Crippen MR) is 103 cm³/mol. The van der Waals surface area contributed by atoms with Crippen LogP contribution in [0.5, 0.6) is 5.75 Å². The number of carbonyl (C=O) groups is 1. The van der Waals surface area contributed by atoms with Crippen molar-refractivity contribution in [3.63, 3.8) is 0 Å². The van der Waals surface area contributed by atoms with Crippen LogP contribution >= 0.6 is 0 Å². The number of rotatable bonds is 5. The van der Waals surface area contributed by atoms with Crippen LogP contribution in [0.2, 0.25) is 0 Å². The largest absolute Gasteiger partial charge is 0.497 e. The molecule has 0 aromatic heterocycles. The monoisotopic (exact) mass is 378 g/mol. The number of nitrogens with zero attached hydrogens (tertiary/aromatic N) is 2. The maximum Gasteiger partial charge on any atom is 0.407 e. The van der Waals surface area contributed by atoms with Crippen molar-refractivity contribution in [2.75, 3.05) is 7.11 Å². The standard InChI is InChI=1S/C19H30N4O4/c1-19(2,3)27-18(24)21-14-7-8-15(11-14)23(17(20)22-25)12-13-5-9-16(26-4)10-6-13/h5-6,9-10,14-15,25H,7-8,11-12H2,1-4H3,(H2,20,22)(H,21,24)/t14-,15-/m0/s1. The number of nitrogens with two attached hydrogens (primary N) is 1. The molecule has 1 aliphatic rings. The quantitative estimate of drug-likeness (QED) is 0.314. The first kappa shape index (κ1) is 20.7. The van der Waals surface area contributed by atoms with E-state index < -0.39 is 11.7 Å². The molecule has 0 unspecified atom stereocenters. The number of carbonyl (C=O) groups excluding carboxylic acids is 1. The molecule has 0 bridgehead atoms. The molecule has 0 spiro atoms. The molecule has 1 aliphatic carbocycles. The fourth-order valence-electron chi connectivity index (χ4n) is 3.23. The molecule has 1 aromatic rings. The molecular weight excluding hydrogens is 348 g/mol. The van der Waals surface area contributed by atoms with Crippen molar-refractivity contribution < 1.29 is 19.5 Å². The first-order valence-corrected chi connectivity index (χ1v) is 9.08. The SMILES string of the molecule is COc1ccc(CN(/C(N)=N/O)[C@H]2CC[C@H](NC(=O)OC(C)(C)C)C2)cc1. The third kappa shape index (κ3) is 6.23. The van der Waals surface area contributed by atoms with E-state index in [-0.39, 0.29) is 18.0 Å². The van der Waals surface area contributed by atoms with Gasteiger partial charge < -0.3 is 30.6 Å². The van der Waals surface area contributed by atoms with Gasteiger partial charge >= 0.3 is 6.09 Å². The third-order valence-electron chi connectivity index (χ3n) is 4.48. The first-order valence-electron chi connectivity index (χ1n) is 9.08. The Bertz CT molecular complexity index is 655. The number of nitrogens with one attached hydrogen (secondary N) is 1. The smallest absolute Gasteiger partial charge is 0.407 e. The molecule has 1 aromatic carbocycles. The Morgan fingerprint density at radius 1 is 1.33 bits per heavy atom. The van der Waals surface area contributed by atoms with E-state index in [9.17, 15) is 10.0 Å². The first-order chi connectivity index (χ1) is 12.7. The Balaban J connectivity index is 1.99. The molecule has 27 heavy (non-hydrogen) atoms. The maximum absolute atomic E-state index is 12.0. The van der Waals surface area contributed by atoms with Gasteiger partial charge in [0.2, 0.25) is 5.96 Å². The highest BCUT2D eigenvalue weighted by Crippen LogP contribution is 2.26. The van der Waals surface area contributed by atoms with Gasteiger partial charge in [0.25, 0.3) is 0 Å². The number of hydrogen-bond donors (Lipinski definition) is 3. The molecule has 150 valence electrons. The topological polar surface area (TPSA) is 109 Å². The minimum Gasteiger partial charge on any atom is -0.497 e. The van der Waals surface area contributed by atoms with Gasteiger partial charge in [0.05, 0.1) is 7.11 Å². The number of benzene rings is 1. The molecular formula is C19H30N4O4. The van der Waals surface area contributed by atoms with Crippen molar-refractivity contribution in [2.45, 2.75) is 64.3 Å². The van der Waals surface area contributed by atoms with Crippen molar-refractivity contribution in [1.82, 2.24) is 10.2 Å². The summed E-state index contributed by atoms with van der Waals surface area (Å²) in [6.45, 7) is 6.00. The minimum atomic E-state index is -0.531. The van der Waals surface area contributed by atoms with Crippen molar-refractivity contribution >= 4 is 12.1 Å². The van der Waals surface area contributed by atoms with Crippen LogP contribution in [0.4, 0.5) is 4.79 Å². The average molecular weight is 378 g/mol. The average Bonchev–Trinajstić information content (AvgIpc) is 3.05. The zero-order valence-corrected chi connectivity index (χ0v) is 16.4. The summed E-state index contributed by atoms with van der Waals surface area (Å²) in [5, 5.41) is 15.3. The van der Waals surface area contributed by atoms with Crippen molar-refractivity contribution in [1.29, 1.82) is 0 Å². The van der Waals surface area contributed by atoms with Gasteiger partial charge in [-0.15, -0.1) is 0 Å². The number of methoxy groups -OCH3 is 1. The summed E-state index contributed by atoms with van der Waals surface area (Å²) in [6.07, 6.45) is 1.92. The summed E-state index contributed by atoms with van der Waals surface area (Å²) < 4.78 is 10.5. The van der Waals surface area contributed by atoms with Crippen LogP contribution in [-0.4, -0.2) is 47.0 Å². The Kier molecular flexibility index (Phi) is 6.76. The number of guanidine groups is 1. The molecule has 0 heterocycles. The highest BCUT2D eigenvalue weighted by molar-refractivity contribution is 5.77. The molecule has 1 fully saturated rings. The lowest BCUT2D eigenvalue weighted by atomic mass is 10.1.